The lowest BCUT2D eigenvalue weighted by Gasteiger charge is -2.07. The molecule has 1 unspecified atom stereocenters. The van der Waals surface area contributed by atoms with Crippen LogP contribution in [0.4, 0.5) is 0 Å². The lowest BCUT2D eigenvalue weighted by molar-refractivity contribution is -0.267. The van der Waals surface area contributed by atoms with E-state index in [-0.39, 0.29) is 12.5 Å². The molecule has 152 valence electrons. The molecule has 5 nitrogen and oxygen atoms in total. The molecule has 3 N–H and O–H groups in total. The molecule has 0 aromatic rings. The van der Waals surface area contributed by atoms with Gasteiger partial charge in [-0.05, 0) is 32.1 Å². The lowest BCUT2D eigenvalue weighted by atomic mass is 10.1. The van der Waals surface area contributed by atoms with Crippen molar-refractivity contribution in [2.45, 2.75) is 70.5 Å². The van der Waals surface area contributed by atoms with Crippen LogP contribution in [0.1, 0.15) is 58.3 Å². The van der Waals surface area contributed by atoms with Gasteiger partial charge < -0.3 is 10.2 Å². The summed E-state index contributed by atoms with van der Waals surface area (Å²) in [5.41, 5.74) is 0. The Kier molecular flexibility index (Phi) is 17.5. The van der Waals surface area contributed by atoms with Crippen molar-refractivity contribution < 1.29 is 25.2 Å². The summed E-state index contributed by atoms with van der Waals surface area (Å²) in [5.74, 6) is -0.778. The van der Waals surface area contributed by atoms with Crippen molar-refractivity contribution in [1.82, 2.24) is 0 Å². The summed E-state index contributed by atoms with van der Waals surface area (Å²) < 4.78 is 0. The van der Waals surface area contributed by atoms with Crippen LogP contribution < -0.4 is 0 Å². The monoisotopic (exact) mass is 378 g/mol. The fourth-order valence-electron chi connectivity index (χ4n) is 2.24. The first kappa shape index (κ1) is 25.1. The third kappa shape index (κ3) is 18.6. The number of hydrogen-bond acceptors (Lipinski definition) is 4. The van der Waals surface area contributed by atoms with E-state index in [0.717, 1.165) is 25.7 Å². The van der Waals surface area contributed by atoms with Crippen LogP contribution in [0.5, 0.6) is 0 Å². The van der Waals surface area contributed by atoms with Crippen molar-refractivity contribution in [3.63, 3.8) is 0 Å². The molecule has 0 aromatic heterocycles. The highest BCUT2D eigenvalue weighted by Gasteiger charge is 2.04. The molecule has 0 aliphatic heterocycles. The van der Waals surface area contributed by atoms with Crippen LogP contribution in [0.2, 0.25) is 0 Å². The second-order valence-electron chi connectivity index (χ2n) is 6.18. The Labute approximate surface area is 163 Å². The van der Waals surface area contributed by atoms with Crippen LogP contribution in [-0.2, 0) is 9.68 Å². The third-order valence-electron chi connectivity index (χ3n) is 3.72. The van der Waals surface area contributed by atoms with E-state index in [1.54, 1.807) is 12.2 Å². The molecule has 2 atom stereocenters. The standard InChI is InChI=1S/C22H34O5/c1-2-3-10-15-20(23)16-11-7-5-4-6-8-12-17-21(27-26)18-13-9-14-19-22(24)25/h3,5-8,10-12,16-17,20-21,23,26H,2,4,9,13-15,18-19H2,1H3,(H,24,25)/t20-,21?/m1/s1. The molecule has 0 aliphatic carbocycles. The zero-order valence-corrected chi connectivity index (χ0v) is 16.2. The number of rotatable bonds is 16. The number of aliphatic carboxylic acids is 1. The molecule has 0 aliphatic rings. The van der Waals surface area contributed by atoms with E-state index >= 15 is 0 Å². The van der Waals surface area contributed by atoms with Gasteiger partial charge in [-0.3, -0.25) is 10.1 Å². The molecule has 0 bridgehead atoms. The van der Waals surface area contributed by atoms with Gasteiger partial charge >= 0.3 is 5.97 Å². The van der Waals surface area contributed by atoms with Crippen LogP contribution >= 0.6 is 0 Å². The van der Waals surface area contributed by atoms with E-state index in [1.165, 1.54) is 0 Å². The minimum atomic E-state index is -0.778. The molecular weight excluding hydrogens is 344 g/mol. The average molecular weight is 379 g/mol. The van der Waals surface area contributed by atoms with Crippen LogP contribution in [0.15, 0.2) is 60.8 Å². The molecule has 0 spiro atoms. The lowest BCUT2D eigenvalue weighted by Crippen LogP contribution is -2.06. The van der Waals surface area contributed by atoms with Crippen molar-refractivity contribution in [3.05, 3.63) is 60.8 Å². The van der Waals surface area contributed by atoms with Crippen molar-refractivity contribution in [2.24, 2.45) is 0 Å². The minimum Gasteiger partial charge on any atom is -0.481 e. The van der Waals surface area contributed by atoms with E-state index in [9.17, 15) is 9.90 Å². The highest BCUT2D eigenvalue weighted by Crippen LogP contribution is 2.09. The van der Waals surface area contributed by atoms with Gasteiger partial charge in [0.2, 0.25) is 0 Å². The molecule has 0 fully saturated rings. The van der Waals surface area contributed by atoms with Crippen LogP contribution in [0.25, 0.3) is 0 Å². The van der Waals surface area contributed by atoms with Crippen molar-refractivity contribution in [3.8, 4) is 0 Å². The summed E-state index contributed by atoms with van der Waals surface area (Å²) in [7, 11) is 0. The average Bonchev–Trinajstić information content (AvgIpc) is 2.64. The van der Waals surface area contributed by atoms with Gasteiger partial charge in [-0.15, -0.1) is 0 Å². The number of aliphatic hydroxyl groups is 1. The quantitative estimate of drug-likeness (QED) is 0.113. The highest BCUT2D eigenvalue weighted by molar-refractivity contribution is 5.66. The predicted molar refractivity (Wildman–Crippen MR) is 109 cm³/mol. The van der Waals surface area contributed by atoms with E-state index in [0.29, 0.717) is 19.3 Å². The van der Waals surface area contributed by atoms with Gasteiger partial charge in [-0.1, -0.05) is 80.5 Å². The Balaban J connectivity index is 3.90. The number of unbranched alkanes of at least 4 members (excludes halogenated alkanes) is 2. The molecule has 0 saturated heterocycles. The fraction of sp³-hybridized carbons (Fsp3) is 0.500. The summed E-state index contributed by atoms with van der Waals surface area (Å²) in [5, 5.41) is 27.1. The van der Waals surface area contributed by atoms with Gasteiger partial charge in [-0.25, -0.2) is 4.89 Å². The number of allylic oxidation sites excluding steroid dienone is 7. The van der Waals surface area contributed by atoms with Crippen molar-refractivity contribution >= 4 is 5.97 Å². The largest absolute Gasteiger partial charge is 0.481 e. The summed E-state index contributed by atoms with van der Waals surface area (Å²) in [6.45, 7) is 2.06. The Bertz CT molecular complexity index is 503. The van der Waals surface area contributed by atoms with E-state index in [1.807, 2.05) is 48.6 Å². The minimum absolute atomic E-state index is 0.181. The van der Waals surface area contributed by atoms with Crippen LogP contribution in [0.3, 0.4) is 0 Å². The molecule has 0 heterocycles. The van der Waals surface area contributed by atoms with E-state index in [2.05, 4.69) is 11.8 Å². The van der Waals surface area contributed by atoms with Crippen LogP contribution in [-0.4, -0.2) is 33.6 Å². The maximum atomic E-state index is 10.4. The normalized spacial score (nSPS) is 15.1. The highest BCUT2D eigenvalue weighted by atomic mass is 17.1. The van der Waals surface area contributed by atoms with Gasteiger partial charge in [0.05, 0.1) is 6.10 Å². The first-order valence-corrected chi connectivity index (χ1v) is 9.61. The Morgan fingerprint density at radius 1 is 0.963 bits per heavy atom. The Morgan fingerprint density at radius 2 is 1.67 bits per heavy atom. The van der Waals surface area contributed by atoms with Gasteiger partial charge in [-0.2, -0.15) is 0 Å². The molecule has 0 aromatic carbocycles. The number of hydrogen-bond donors (Lipinski definition) is 3. The number of aliphatic hydroxyl groups excluding tert-OH is 1. The number of carbonyl (C=O) groups is 1. The Morgan fingerprint density at radius 3 is 2.30 bits per heavy atom. The molecule has 0 radical (unpaired) electrons. The van der Waals surface area contributed by atoms with Gasteiger partial charge in [0, 0.05) is 6.42 Å². The van der Waals surface area contributed by atoms with Crippen LogP contribution in [0, 0.1) is 0 Å². The zero-order valence-electron chi connectivity index (χ0n) is 16.2. The molecule has 5 heteroatoms. The molecule has 0 saturated carbocycles. The third-order valence-corrected chi connectivity index (χ3v) is 3.72. The van der Waals surface area contributed by atoms with Crippen molar-refractivity contribution in [1.29, 1.82) is 0 Å². The van der Waals surface area contributed by atoms with Gasteiger partial charge in [0.25, 0.3) is 0 Å². The van der Waals surface area contributed by atoms with E-state index in [4.69, 9.17) is 10.4 Å². The summed E-state index contributed by atoms with van der Waals surface area (Å²) in [6.07, 6.45) is 23.6. The first-order valence-electron chi connectivity index (χ1n) is 9.61. The zero-order chi connectivity index (χ0) is 20.2. The van der Waals surface area contributed by atoms with Gasteiger partial charge in [0.1, 0.15) is 6.10 Å². The first-order chi connectivity index (χ1) is 13.1. The molecule has 0 amide bonds. The SMILES string of the molecule is CCC=CC[C@@H](O)C=CC=CCC=CC=CC(CCCCCC(=O)O)OO. The molecular formula is C22H34O5. The topological polar surface area (TPSA) is 87.0 Å². The maximum Gasteiger partial charge on any atom is 0.303 e. The smallest absolute Gasteiger partial charge is 0.303 e. The number of carboxylic acids is 1. The second-order valence-corrected chi connectivity index (χ2v) is 6.18. The summed E-state index contributed by atoms with van der Waals surface area (Å²) >= 11 is 0. The Hall–Kier alpha value is -1.95. The summed E-state index contributed by atoms with van der Waals surface area (Å²) in [4.78, 5) is 14.8. The maximum absolute atomic E-state index is 10.4. The van der Waals surface area contributed by atoms with Crippen molar-refractivity contribution in [2.75, 3.05) is 0 Å². The second kappa shape index (κ2) is 18.8. The summed E-state index contributed by atoms with van der Waals surface area (Å²) in [6, 6.07) is 0. The number of carboxylic acid groups (broad SMARTS) is 1. The predicted octanol–water partition coefficient (Wildman–Crippen LogP) is 5.21. The molecule has 0 rings (SSSR count). The van der Waals surface area contributed by atoms with E-state index < -0.39 is 12.1 Å². The molecule has 27 heavy (non-hydrogen) atoms. The fourth-order valence-corrected chi connectivity index (χ4v) is 2.24. The van der Waals surface area contributed by atoms with Gasteiger partial charge in [0.15, 0.2) is 0 Å².